The van der Waals surface area contributed by atoms with Crippen LogP contribution in [0.4, 0.5) is 0 Å². The number of phenolic OH excluding ortho intramolecular Hbond substituents is 2. The quantitative estimate of drug-likeness (QED) is 0.338. The number of hydrogen-bond donors (Lipinski definition) is 3. The maximum Gasteiger partial charge on any atom is 0.343 e. The number of phenols is 2. The fraction of sp³-hybridized carbons (Fsp3) is 0.250. The molecule has 0 fully saturated rings. The molecule has 0 amide bonds. The second-order valence-corrected chi connectivity index (χ2v) is 7.13. The largest absolute Gasteiger partial charge is 0.504 e. The molecule has 0 bridgehead atoms. The number of hydrogen-bond acceptors (Lipinski definition) is 7. The van der Waals surface area contributed by atoms with Crippen molar-refractivity contribution < 1.29 is 24.9 Å². The molecule has 8 nitrogen and oxygen atoms in total. The molecule has 3 aromatic rings. The molecule has 2 aliphatic heterocycles. The number of rotatable bonds is 1. The Balaban J connectivity index is 1.80. The number of nitrogens with zero attached hydrogens (tertiary/aromatic N) is 2. The van der Waals surface area contributed by atoms with Gasteiger partial charge in [0.2, 0.25) is 0 Å². The number of fused-ring (bicyclic) bond motifs is 5. The molecule has 28 heavy (non-hydrogen) atoms. The Hall–Kier alpha value is -3.39. The summed E-state index contributed by atoms with van der Waals surface area (Å²) in [6, 6.07) is 6.20. The number of esters is 1. The smallest absolute Gasteiger partial charge is 0.343 e. The zero-order valence-electron chi connectivity index (χ0n) is 14.9. The van der Waals surface area contributed by atoms with Gasteiger partial charge in [-0.3, -0.25) is 4.79 Å². The van der Waals surface area contributed by atoms with Crippen LogP contribution in [0.1, 0.15) is 30.0 Å². The molecule has 5 rings (SSSR count). The first kappa shape index (κ1) is 16.8. The summed E-state index contributed by atoms with van der Waals surface area (Å²) in [4.78, 5) is 29.8. The maximum atomic E-state index is 13.0. The van der Waals surface area contributed by atoms with Gasteiger partial charge in [0.05, 0.1) is 29.0 Å². The summed E-state index contributed by atoms with van der Waals surface area (Å²) >= 11 is 0. The number of pyridine rings is 2. The number of carbonyl (C=O) groups is 1. The highest BCUT2D eigenvalue weighted by Gasteiger charge is 2.45. The van der Waals surface area contributed by atoms with Gasteiger partial charge in [-0.05, 0) is 24.6 Å². The molecule has 4 heterocycles. The molecule has 0 aliphatic carbocycles. The third kappa shape index (κ3) is 2.00. The standard InChI is InChI=1S/C20H16N2O6/c1-2-20(27)12-5-14-17-10(3-9-4-15(23)16(24)6-13(9)21-17)7-22(14)18(25)11(12)8-28-19(20)26/h3-6,23-24,27H,2,7-8H2,1H3. The van der Waals surface area contributed by atoms with Crippen molar-refractivity contribution in [3.63, 3.8) is 0 Å². The van der Waals surface area contributed by atoms with Gasteiger partial charge < -0.3 is 24.6 Å². The van der Waals surface area contributed by atoms with Gasteiger partial charge in [-0.25, -0.2) is 9.78 Å². The Morgan fingerprint density at radius 1 is 1.18 bits per heavy atom. The van der Waals surface area contributed by atoms with Crippen LogP contribution in [0.5, 0.6) is 11.5 Å². The molecule has 0 saturated heterocycles. The van der Waals surface area contributed by atoms with E-state index in [0.29, 0.717) is 22.3 Å². The molecule has 0 spiro atoms. The molecule has 142 valence electrons. The molecule has 1 aromatic carbocycles. The van der Waals surface area contributed by atoms with E-state index in [1.165, 1.54) is 16.7 Å². The van der Waals surface area contributed by atoms with Crippen LogP contribution in [0.15, 0.2) is 29.1 Å². The van der Waals surface area contributed by atoms with Gasteiger partial charge in [-0.2, -0.15) is 0 Å². The van der Waals surface area contributed by atoms with E-state index in [0.717, 1.165) is 5.56 Å². The normalized spacial score (nSPS) is 19.9. The second-order valence-electron chi connectivity index (χ2n) is 7.13. The molecule has 8 heteroatoms. The number of cyclic esters (lactones) is 1. The van der Waals surface area contributed by atoms with Gasteiger partial charge in [0.15, 0.2) is 17.1 Å². The van der Waals surface area contributed by atoms with E-state index in [9.17, 15) is 24.9 Å². The lowest BCUT2D eigenvalue weighted by molar-refractivity contribution is -0.172. The number of ether oxygens (including phenoxy) is 1. The lowest BCUT2D eigenvalue weighted by atomic mass is 9.86. The first-order chi connectivity index (χ1) is 13.3. The predicted octanol–water partition coefficient (Wildman–Crippen LogP) is 1.49. The molecule has 0 radical (unpaired) electrons. The van der Waals surface area contributed by atoms with Crippen molar-refractivity contribution in [2.75, 3.05) is 0 Å². The van der Waals surface area contributed by atoms with Crippen molar-refractivity contribution in [3.8, 4) is 22.9 Å². The monoisotopic (exact) mass is 380 g/mol. The van der Waals surface area contributed by atoms with Crippen LogP contribution >= 0.6 is 0 Å². The van der Waals surface area contributed by atoms with Crippen molar-refractivity contribution in [2.24, 2.45) is 0 Å². The predicted molar refractivity (Wildman–Crippen MR) is 97.9 cm³/mol. The van der Waals surface area contributed by atoms with Crippen LogP contribution < -0.4 is 5.56 Å². The van der Waals surface area contributed by atoms with Crippen LogP contribution in [0.25, 0.3) is 22.3 Å². The summed E-state index contributed by atoms with van der Waals surface area (Å²) in [5.74, 6) is -1.30. The van der Waals surface area contributed by atoms with Crippen LogP contribution in [-0.2, 0) is 28.3 Å². The van der Waals surface area contributed by atoms with Crippen LogP contribution in [0.2, 0.25) is 0 Å². The van der Waals surface area contributed by atoms with Gasteiger partial charge in [0.1, 0.15) is 6.61 Å². The summed E-state index contributed by atoms with van der Waals surface area (Å²) < 4.78 is 6.58. The molecular formula is C20H16N2O6. The van der Waals surface area contributed by atoms with Crippen LogP contribution in [0.3, 0.4) is 0 Å². The molecule has 1 unspecified atom stereocenters. The molecule has 3 N–H and O–H groups in total. The third-order valence-corrected chi connectivity index (χ3v) is 5.60. The fourth-order valence-electron chi connectivity index (χ4n) is 4.01. The highest BCUT2D eigenvalue weighted by molar-refractivity contribution is 5.88. The minimum atomic E-state index is -1.87. The van der Waals surface area contributed by atoms with Gasteiger partial charge in [0, 0.05) is 22.6 Å². The van der Waals surface area contributed by atoms with E-state index in [-0.39, 0.29) is 47.8 Å². The number of aliphatic hydroxyl groups is 1. The summed E-state index contributed by atoms with van der Waals surface area (Å²) in [7, 11) is 0. The highest BCUT2D eigenvalue weighted by Crippen LogP contribution is 2.39. The Morgan fingerprint density at radius 2 is 1.93 bits per heavy atom. The Bertz CT molecular complexity index is 1260. The number of aromatic hydroxyl groups is 2. The van der Waals surface area contributed by atoms with Crippen molar-refractivity contribution >= 4 is 16.9 Å². The van der Waals surface area contributed by atoms with E-state index in [1.807, 2.05) is 0 Å². The van der Waals surface area contributed by atoms with Crippen LogP contribution in [0, 0.1) is 0 Å². The Labute approximate surface area is 158 Å². The average molecular weight is 380 g/mol. The Morgan fingerprint density at radius 3 is 2.68 bits per heavy atom. The minimum Gasteiger partial charge on any atom is -0.504 e. The Kier molecular flexibility index (Phi) is 3.19. The number of benzene rings is 1. The van der Waals surface area contributed by atoms with Crippen molar-refractivity contribution in [1.29, 1.82) is 0 Å². The zero-order chi connectivity index (χ0) is 19.8. The van der Waals surface area contributed by atoms with E-state index in [2.05, 4.69) is 4.98 Å². The third-order valence-electron chi connectivity index (χ3n) is 5.60. The van der Waals surface area contributed by atoms with Gasteiger partial charge in [-0.1, -0.05) is 6.92 Å². The van der Waals surface area contributed by atoms with Crippen molar-refractivity contribution in [2.45, 2.75) is 32.1 Å². The second kappa shape index (κ2) is 5.32. The molecule has 0 saturated carbocycles. The molecule has 2 aliphatic rings. The first-order valence-corrected chi connectivity index (χ1v) is 8.86. The van der Waals surface area contributed by atoms with E-state index in [4.69, 9.17) is 4.74 Å². The van der Waals surface area contributed by atoms with Gasteiger partial charge >= 0.3 is 5.97 Å². The topological polar surface area (TPSA) is 122 Å². The van der Waals surface area contributed by atoms with E-state index in [1.54, 1.807) is 19.1 Å². The fourth-order valence-corrected chi connectivity index (χ4v) is 4.01. The van der Waals surface area contributed by atoms with Crippen LogP contribution in [-0.4, -0.2) is 30.8 Å². The van der Waals surface area contributed by atoms with E-state index < -0.39 is 11.6 Å². The van der Waals surface area contributed by atoms with Gasteiger partial charge in [-0.15, -0.1) is 0 Å². The van der Waals surface area contributed by atoms with Crippen molar-refractivity contribution in [3.05, 3.63) is 51.3 Å². The lowest BCUT2D eigenvalue weighted by Crippen LogP contribution is -2.44. The number of carbonyl (C=O) groups excluding carboxylic acids is 1. The summed E-state index contributed by atoms with van der Waals surface area (Å²) in [5.41, 5.74) is 0.573. The zero-order valence-corrected chi connectivity index (χ0v) is 14.9. The van der Waals surface area contributed by atoms with Gasteiger partial charge in [0.25, 0.3) is 5.56 Å². The summed E-state index contributed by atoms with van der Waals surface area (Å²) in [6.07, 6.45) is 0.0763. The molecule has 2 aromatic heterocycles. The minimum absolute atomic E-state index is 0.0763. The summed E-state index contributed by atoms with van der Waals surface area (Å²) in [5, 5.41) is 31.0. The maximum absolute atomic E-state index is 13.0. The average Bonchev–Trinajstić information content (AvgIpc) is 3.02. The first-order valence-electron chi connectivity index (χ1n) is 8.86. The molecular weight excluding hydrogens is 364 g/mol. The number of aromatic nitrogens is 2. The highest BCUT2D eigenvalue weighted by atomic mass is 16.6. The SMILES string of the molecule is CCC1(O)C(=O)OCc2c1cc1n(c2=O)Cc2cc3cc(O)c(O)cc3nc2-1. The van der Waals surface area contributed by atoms with E-state index >= 15 is 0 Å². The molecule has 1 atom stereocenters. The van der Waals surface area contributed by atoms with Crippen molar-refractivity contribution in [1.82, 2.24) is 9.55 Å². The summed E-state index contributed by atoms with van der Waals surface area (Å²) in [6.45, 7) is 1.75. The lowest BCUT2D eigenvalue weighted by Gasteiger charge is -2.31.